The number of anilines is 1. The Bertz CT molecular complexity index is 589. The molecule has 9 heteroatoms. The van der Waals surface area contributed by atoms with Gasteiger partial charge in [-0.05, 0) is 18.2 Å². The van der Waals surface area contributed by atoms with Gasteiger partial charge in [0, 0.05) is 0 Å². The van der Waals surface area contributed by atoms with Crippen molar-refractivity contribution in [3.05, 3.63) is 24.3 Å². The van der Waals surface area contributed by atoms with Crippen LogP contribution in [0.25, 0.3) is 0 Å². The smallest absolute Gasteiger partial charge is 0.229 e. The number of nitrogens with two attached hydrogens (primary N) is 3. The van der Waals surface area contributed by atoms with Crippen molar-refractivity contribution in [3.8, 4) is 0 Å². The van der Waals surface area contributed by atoms with Crippen molar-refractivity contribution in [2.75, 3.05) is 11.0 Å². The summed E-state index contributed by atoms with van der Waals surface area (Å²) < 4.78 is 24.4. The number of guanidine groups is 2. The van der Waals surface area contributed by atoms with E-state index in [1.807, 2.05) is 0 Å². The lowest BCUT2D eigenvalue weighted by atomic mass is 10.3. The molecule has 0 saturated heterocycles. The van der Waals surface area contributed by atoms with Gasteiger partial charge < -0.3 is 17.2 Å². The third kappa shape index (κ3) is 5.16. The second-order valence-electron chi connectivity index (χ2n) is 3.43. The first-order valence-corrected chi connectivity index (χ1v) is 6.67. The lowest BCUT2D eigenvalue weighted by Crippen LogP contribution is -2.26. The summed E-state index contributed by atoms with van der Waals surface area (Å²) in [5.41, 5.74) is 16.5. The highest BCUT2D eigenvalue weighted by Gasteiger charge is 2.02. The Morgan fingerprint density at radius 1 is 1.28 bits per heavy atom. The van der Waals surface area contributed by atoms with Crippen molar-refractivity contribution in [3.63, 3.8) is 0 Å². The van der Waals surface area contributed by atoms with E-state index in [1.54, 1.807) is 18.2 Å². The Kier molecular flexibility index (Phi) is 4.10. The molecule has 0 saturated carbocycles. The molecule has 0 spiro atoms. The summed E-state index contributed by atoms with van der Waals surface area (Å²) in [7, 11) is -3.34. The fraction of sp³-hybridized carbons (Fsp3) is 0.111. The van der Waals surface area contributed by atoms with Crippen LogP contribution in [0.1, 0.15) is 0 Å². The minimum atomic E-state index is -3.34. The number of nitrogens with one attached hydrogen (secondary N) is 1. The van der Waals surface area contributed by atoms with Crippen LogP contribution in [-0.2, 0) is 10.0 Å². The summed E-state index contributed by atoms with van der Waals surface area (Å²) in [6.07, 6.45) is 1.05. The van der Waals surface area contributed by atoms with Gasteiger partial charge in [-0.25, -0.2) is 13.4 Å². The number of benzene rings is 1. The minimum absolute atomic E-state index is 0.119. The normalized spacial score (nSPS) is 11.9. The standard InChI is InChI=1S/C9H14N6O2S/c1-18(16,17)15-7-4-2-3-6(5-7)13-9(12)14-8(10)11/h2-5,15H,1H3,(H6,10,11,12,13,14). The summed E-state index contributed by atoms with van der Waals surface area (Å²) in [5, 5.41) is 0. The molecule has 1 aromatic carbocycles. The van der Waals surface area contributed by atoms with Gasteiger partial charge in [0.15, 0.2) is 5.96 Å². The molecule has 1 rings (SSSR count). The molecular weight excluding hydrogens is 256 g/mol. The lowest BCUT2D eigenvalue weighted by molar-refractivity contribution is 0.607. The van der Waals surface area contributed by atoms with Crippen LogP contribution in [0.15, 0.2) is 34.3 Å². The monoisotopic (exact) mass is 270 g/mol. The molecule has 0 atom stereocenters. The van der Waals surface area contributed by atoms with Gasteiger partial charge in [-0.2, -0.15) is 4.99 Å². The Labute approximate surface area is 105 Å². The molecule has 0 aliphatic carbocycles. The third-order valence-electron chi connectivity index (χ3n) is 1.64. The molecule has 98 valence electrons. The fourth-order valence-electron chi connectivity index (χ4n) is 1.14. The van der Waals surface area contributed by atoms with Crippen LogP contribution < -0.4 is 21.9 Å². The number of rotatable bonds is 3. The SMILES string of the molecule is CS(=O)(=O)Nc1cccc(N=C(N)N=C(N)N)c1. The van der Waals surface area contributed by atoms with E-state index in [0.29, 0.717) is 11.4 Å². The average molecular weight is 270 g/mol. The van der Waals surface area contributed by atoms with E-state index >= 15 is 0 Å². The summed E-state index contributed by atoms with van der Waals surface area (Å²) >= 11 is 0. The second kappa shape index (κ2) is 5.36. The number of nitrogens with zero attached hydrogens (tertiary/aromatic N) is 2. The third-order valence-corrected chi connectivity index (χ3v) is 2.24. The maximum atomic E-state index is 11.1. The van der Waals surface area contributed by atoms with Gasteiger partial charge in [-0.15, -0.1) is 0 Å². The summed E-state index contributed by atoms with van der Waals surface area (Å²) in [6.45, 7) is 0. The van der Waals surface area contributed by atoms with Gasteiger partial charge in [0.05, 0.1) is 17.6 Å². The molecule has 0 radical (unpaired) electrons. The summed E-state index contributed by atoms with van der Waals surface area (Å²) in [4.78, 5) is 7.44. The second-order valence-corrected chi connectivity index (χ2v) is 5.18. The van der Waals surface area contributed by atoms with Crippen LogP contribution in [0.5, 0.6) is 0 Å². The summed E-state index contributed by atoms with van der Waals surface area (Å²) in [5.74, 6) is -0.326. The van der Waals surface area contributed by atoms with E-state index in [-0.39, 0.29) is 11.9 Å². The van der Waals surface area contributed by atoms with Crippen molar-refractivity contribution in [1.29, 1.82) is 0 Å². The molecule has 1 aromatic rings. The van der Waals surface area contributed by atoms with Crippen molar-refractivity contribution < 1.29 is 8.42 Å². The Morgan fingerprint density at radius 2 is 1.94 bits per heavy atom. The molecule has 7 N–H and O–H groups in total. The van der Waals surface area contributed by atoms with Gasteiger partial charge in [-0.1, -0.05) is 6.07 Å². The molecule has 0 aromatic heterocycles. The van der Waals surface area contributed by atoms with Crippen LogP contribution in [0.2, 0.25) is 0 Å². The highest BCUT2D eigenvalue weighted by atomic mass is 32.2. The van der Waals surface area contributed by atoms with Crippen molar-refractivity contribution in [1.82, 2.24) is 0 Å². The van der Waals surface area contributed by atoms with E-state index in [0.717, 1.165) is 6.26 Å². The number of sulfonamides is 1. The summed E-state index contributed by atoms with van der Waals surface area (Å²) in [6, 6.07) is 6.32. The van der Waals surface area contributed by atoms with E-state index < -0.39 is 10.0 Å². The molecule has 0 fully saturated rings. The maximum Gasteiger partial charge on any atom is 0.229 e. The topological polar surface area (TPSA) is 149 Å². The zero-order valence-electron chi connectivity index (χ0n) is 9.66. The largest absolute Gasteiger partial charge is 0.370 e. The van der Waals surface area contributed by atoms with Gasteiger partial charge >= 0.3 is 0 Å². The number of aliphatic imine (C=N–C) groups is 2. The van der Waals surface area contributed by atoms with E-state index in [2.05, 4.69) is 14.7 Å². The van der Waals surface area contributed by atoms with Crippen molar-refractivity contribution in [2.24, 2.45) is 27.2 Å². The van der Waals surface area contributed by atoms with E-state index in [1.165, 1.54) is 6.07 Å². The molecule has 0 bridgehead atoms. The van der Waals surface area contributed by atoms with Crippen LogP contribution in [0.4, 0.5) is 11.4 Å². The van der Waals surface area contributed by atoms with E-state index in [9.17, 15) is 8.42 Å². The highest BCUT2D eigenvalue weighted by Crippen LogP contribution is 2.18. The Balaban J connectivity index is 2.99. The van der Waals surface area contributed by atoms with Gasteiger partial charge in [0.2, 0.25) is 16.0 Å². The fourth-order valence-corrected chi connectivity index (χ4v) is 1.70. The lowest BCUT2D eigenvalue weighted by Gasteiger charge is -2.04. The Hall–Kier alpha value is -2.29. The van der Waals surface area contributed by atoms with Gasteiger partial charge in [0.25, 0.3) is 0 Å². The van der Waals surface area contributed by atoms with Crippen LogP contribution in [-0.4, -0.2) is 26.6 Å². The molecular formula is C9H14N6O2S. The Morgan fingerprint density at radius 3 is 2.50 bits per heavy atom. The highest BCUT2D eigenvalue weighted by molar-refractivity contribution is 7.92. The van der Waals surface area contributed by atoms with E-state index in [4.69, 9.17) is 17.2 Å². The van der Waals surface area contributed by atoms with Gasteiger partial charge in [-0.3, -0.25) is 4.72 Å². The molecule has 8 nitrogen and oxygen atoms in total. The predicted octanol–water partition coefficient (Wildman–Crippen LogP) is -0.722. The van der Waals surface area contributed by atoms with Crippen molar-refractivity contribution in [2.45, 2.75) is 0 Å². The minimum Gasteiger partial charge on any atom is -0.370 e. The predicted molar refractivity (Wildman–Crippen MR) is 72.0 cm³/mol. The van der Waals surface area contributed by atoms with Crippen LogP contribution in [0, 0.1) is 0 Å². The first-order valence-electron chi connectivity index (χ1n) is 4.78. The molecule has 0 aliphatic rings. The van der Waals surface area contributed by atoms with Crippen molar-refractivity contribution >= 4 is 33.3 Å². The quantitative estimate of drug-likeness (QED) is 0.422. The number of hydrogen-bond acceptors (Lipinski definition) is 3. The first-order chi connectivity index (χ1) is 8.26. The zero-order chi connectivity index (χ0) is 13.8. The molecule has 18 heavy (non-hydrogen) atoms. The van der Waals surface area contributed by atoms with Crippen LogP contribution in [0.3, 0.4) is 0 Å². The maximum absolute atomic E-state index is 11.1. The zero-order valence-corrected chi connectivity index (χ0v) is 10.5. The molecule has 0 aliphatic heterocycles. The average Bonchev–Trinajstić information content (AvgIpc) is 2.13. The molecule has 0 unspecified atom stereocenters. The molecule has 0 heterocycles. The first kappa shape index (κ1) is 13.8. The van der Waals surface area contributed by atoms with Crippen LogP contribution >= 0.6 is 0 Å². The number of hydrogen-bond donors (Lipinski definition) is 4. The molecule has 0 amide bonds. The van der Waals surface area contributed by atoms with Gasteiger partial charge in [0.1, 0.15) is 0 Å².